The van der Waals surface area contributed by atoms with Crippen molar-refractivity contribution in [2.24, 2.45) is 0 Å². The lowest BCUT2D eigenvalue weighted by molar-refractivity contribution is 0.319. The lowest BCUT2D eigenvalue weighted by atomic mass is 9.70. The lowest BCUT2D eigenvalue weighted by Crippen LogP contribution is -2.39. The number of hydrogen-bond acceptors (Lipinski definition) is 1. The Morgan fingerprint density at radius 3 is 1.45 bits per heavy atom. The molecule has 0 aromatic heterocycles. The molecule has 2 aromatic rings. The average molecular weight is 444 g/mol. The summed E-state index contributed by atoms with van der Waals surface area (Å²) < 4.78 is 0. The van der Waals surface area contributed by atoms with Gasteiger partial charge in [0.2, 0.25) is 0 Å². The maximum absolute atomic E-state index is 3.89. The molecule has 0 bridgehead atoms. The summed E-state index contributed by atoms with van der Waals surface area (Å²) in [7, 11) is 0. The largest absolute Gasteiger partial charge is 0.313 e. The van der Waals surface area contributed by atoms with Gasteiger partial charge in [0.05, 0.1) is 0 Å². The number of rotatable bonds is 5. The molecule has 2 saturated carbocycles. The van der Waals surface area contributed by atoms with Crippen LogP contribution < -0.4 is 5.32 Å². The van der Waals surface area contributed by atoms with E-state index in [-0.39, 0.29) is 0 Å². The Kier molecular flexibility index (Phi) is 6.98. The molecular formula is C32H45N. The molecule has 1 aliphatic heterocycles. The van der Waals surface area contributed by atoms with Gasteiger partial charge < -0.3 is 5.32 Å². The van der Waals surface area contributed by atoms with Crippen LogP contribution in [0.3, 0.4) is 0 Å². The Morgan fingerprint density at radius 2 is 1.06 bits per heavy atom. The zero-order chi connectivity index (χ0) is 22.7. The minimum atomic E-state index is 0.381. The van der Waals surface area contributed by atoms with Crippen LogP contribution in [0.1, 0.15) is 125 Å². The summed E-state index contributed by atoms with van der Waals surface area (Å²) in [5.74, 6) is 0.451. The van der Waals surface area contributed by atoms with Crippen LogP contribution in [0.5, 0.6) is 0 Å². The Hall–Kier alpha value is -1.60. The van der Waals surface area contributed by atoms with E-state index in [1.54, 1.807) is 11.1 Å². The molecule has 3 aliphatic rings. The molecule has 1 atom stereocenters. The summed E-state index contributed by atoms with van der Waals surface area (Å²) in [5, 5.41) is 3.89. The molecule has 5 rings (SSSR count). The van der Waals surface area contributed by atoms with E-state index in [9.17, 15) is 0 Å². The molecule has 1 heterocycles. The first-order valence-corrected chi connectivity index (χ1v) is 14.0. The van der Waals surface area contributed by atoms with E-state index in [0.29, 0.717) is 22.8 Å². The summed E-state index contributed by atoms with van der Waals surface area (Å²) in [5.41, 5.74) is 6.87. The van der Waals surface area contributed by atoms with Gasteiger partial charge in [-0.15, -0.1) is 0 Å². The third-order valence-electron chi connectivity index (χ3n) is 9.60. The van der Waals surface area contributed by atoms with Crippen LogP contribution in [0.25, 0.3) is 0 Å². The second kappa shape index (κ2) is 9.95. The van der Waals surface area contributed by atoms with Gasteiger partial charge in [-0.3, -0.25) is 0 Å². The molecule has 0 spiro atoms. The van der Waals surface area contributed by atoms with E-state index in [1.165, 1.54) is 94.6 Å². The molecule has 3 fully saturated rings. The van der Waals surface area contributed by atoms with Gasteiger partial charge in [0.15, 0.2) is 0 Å². The number of hydrogen-bond donors (Lipinski definition) is 1. The predicted octanol–water partition coefficient (Wildman–Crippen LogP) is 8.40. The number of nitrogens with one attached hydrogen (secondary N) is 1. The quantitative estimate of drug-likeness (QED) is 0.489. The Balaban J connectivity index is 1.42. The van der Waals surface area contributed by atoms with E-state index < -0.39 is 0 Å². The highest BCUT2D eigenvalue weighted by Crippen LogP contribution is 2.42. The van der Waals surface area contributed by atoms with Crippen molar-refractivity contribution in [3.63, 3.8) is 0 Å². The average Bonchev–Trinajstić information content (AvgIpc) is 2.87. The molecule has 1 nitrogen and oxygen atoms in total. The van der Waals surface area contributed by atoms with E-state index >= 15 is 0 Å². The second-order valence-corrected chi connectivity index (χ2v) is 12.0. The van der Waals surface area contributed by atoms with Gasteiger partial charge in [-0.05, 0) is 78.2 Å². The van der Waals surface area contributed by atoms with Crippen LogP contribution >= 0.6 is 0 Å². The number of benzene rings is 2. The molecule has 1 saturated heterocycles. The minimum Gasteiger partial charge on any atom is -0.313 e. The van der Waals surface area contributed by atoms with Crippen molar-refractivity contribution in [3.05, 3.63) is 70.8 Å². The van der Waals surface area contributed by atoms with Gasteiger partial charge in [0.25, 0.3) is 0 Å². The zero-order valence-electron chi connectivity index (χ0n) is 21.2. The van der Waals surface area contributed by atoms with Gasteiger partial charge in [-0.2, -0.15) is 0 Å². The van der Waals surface area contributed by atoms with Gasteiger partial charge in [-0.1, -0.05) is 107 Å². The maximum Gasteiger partial charge on any atom is 0.0243 e. The summed E-state index contributed by atoms with van der Waals surface area (Å²) in [6.07, 6.45) is 17.7. The minimum absolute atomic E-state index is 0.381. The number of piperidine rings is 1. The summed E-state index contributed by atoms with van der Waals surface area (Å²) >= 11 is 0. The van der Waals surface area contributed by atoms with Crippen LogP contribution in [-0.4, -0.2) is 12.6 Å². The smallest absolute Gasteiger partial charge is 0.0243 e. The lowest BCUT2D eigenvalue weighted by Gasteiger charge is -2.36. The molecule has 2 aromatic carbocycles. The van der Waals surface area contributed by atoms with E-state index in [0.717, 1.165) is 6.54 Å². The first-order chi connectivity index (χ1) is 16.1. The van der Waals surface area contributed by atoms with Crippen molar-refractivity contribution in [2.45, 2.75) is 120 Å². The summed E-state index contributed by atoms with van der Waals surface area (Å²) in [6, 6.07) is 20.3. The molecule has 1 N–H and O–H groups in total. The van der Waals surface area contributed by atoms with E-state index in [4.69, 9.17) is 0 Å². The SMILES string of the molecule is CC1(c2ccc(C(c3ccc(C4(C)CCCCC4)cc3)C3CCCCN3)cc2)CCCCC1. The molecular weight excluding hydrogens is 398 g/mol. The van der Waals surface area contributed by atoms with Gasteiger partial charge in [0.1, 0.15) is 0 Å². The highest BCUT2D eigenvalue weighted by atomic mass is 14.9. The van der Waals surface area contributed by atoms with Crippen LogP contribution in [0.2, 0.25) is 0 Å². The highest BCUT2D eigenvalue weighted by molar-refractivity contribution is 5.40. The van der Waals surface area contributed by atoms with E-state index in [2.05, 4.69) is 67.7 Å². The summed E-state index contributed by atoms with van der Waals surface area (Å²) in [4.78, 5) is 0. The fourth-order valence-electron chi connectivity index (χ4n) is 7.25. The molecule has 1 heteroatoms. The van der Waals surface area contributed by atoms with E-state index in [1.807, 2.05) is 0 Å². The third kappa shape index (κ3) is 4.95. The van der Waals surface area contributed by atoms with Gasteiger partial charge in [0, 0.05) is 12.0 Å². The molecule has 2 aliphatic carbocycles. The van der Waals surface area contributed by atoms with Crippen molar-refractivity contribution in [2.75, 3.05) is 6.54 Å². The predicted molar refractivity (Wildman–Crippen MR) is 141 cm³/mol. The summed E-state index contributed by atoms with van der Waals surface area (Å²) in [6.45, 7) is 6.14. The molecule has 33 heavy (non-hydrogen) atoms. The first-order valence-electron chi connectivity index (χ1n) is 14.0. The molecule has 1 unspecified atom stereocenters. The van der Waals surface area contributed by atoms with Crippen molar-refractivity contribution in [1.82, 2.24) is 5.32 Å². The van der Waals surface area contributed by atoms with Crippen molar-refractivity contribution in [1.29, 1.82) is 0 Å². The highest BCUT2D eigenvalue weighted by Gasteiger charge is 2.32. The van der Waals surface area contributed by atoms with Crippen molar-refractivity contribution in [3.8, 4) is 0 Å². The monoisotopic (exact) mass is 443 g/mol. The molecule has 178 valence electrons. The third-order valence-corrected chi connectivity index (χ3v) is 9.60. The Bertz CT molecular complexity index is 808. The van der Waals surface area contributed by atoms with Crippen LogP contribution in [0, 0.1) is 0 Å². The van der Waals surface area contributed by atoms with Gasteiger partial charge in [-0.25, -0.2) is 0 Å². The fraction of sp³-hybridized carbons (Fsp3) is 0.625. The second-order valence-electron chi connectivity index (χ2n) is 12.0. The van der Waals surface area contributed by atoms with Crippen molar-refractivity contribution < 1.29 is 0 Å². The normalized spacial score (nSPS) is 25.1. The first kappa shape index (κ1) is 23.2. The van der Waals surface area contributed by atoms with Gasteiger partial charge >= 0.3 is 0 Å². The van der Waals surface area contributed by atoms with Crippen LogP contribution in [-0.2, 0) is 10.8 Å². The topological polar surface area (TPSA) is 12.0 Å². The maximum atomic E-state index is 3.89. The Morgan fingerprint density at radius 1 is 0.606 bits per heavy atom. The van der Waals surface area contributed by atoms with Crippen molar-refractivity contribution >= 4 is 0 Å². The molecule has 0 amide bonds. The zero-order valence-corrected chi connectivity index (χ0v) is 21.2. The Labute approximate surface area is 202 Å². The fourth-order valence-corrected chi connectivity index (χ4v) is 7.25. The standard InChI is InChI=1S/C32H45N/c1-31(20-6-3-7-21-31)27-16-12-25(13-17-27)30(29-11-5-10-24-33-29)26-14-18-28(19-15-26)32(2)22-8-4-9-23-32/h12-19,29-30,33H,3-11,20-24H2,1-2H3. The molecule has 0 radical (unpaired) electrons. The van der Waals surface area contributed by atoms with Crippen LogP contribution in [0.4, 0.5) is 0 Å². The van der Waals surface area contributed by atoms with Crippen LogP contribution in [0.15, 0.2) is 48.5 Å².